The maximum absolute atomic E-state index is 12.6. The summed E-state index contributed by atoms with van der Waals surface area (Å²) in [5.74, 6) is 0.477. The molecule has 2 heterocycles. The van der Waals surface area contributed by atoms with Crippen LogP contribution in [0.15, 0.2) is 63.5 Å². The van der Waals surface area contributed by atoms with Gasteiger partial charge in [0.15, 0.2) is 5.16 Å². The van der Waals surface area contributed by atoms with Gasteiger partial charge < -0.3 is 14.3 Å². The fourth-order valence-corrected chi connectivity index (χ4v) is 4.19. The molecule has 0 spiro atoms. The molecule has 1 N–H and O–H groups in total. The molecule has 1 aromatic carbocycles. The van der Waals surface area contributed by atoms with E-state index in [2.05, 4.69) is 15.5 Å². The number of carbonyl (C=O) groups is 1. The number of aromatic nitrogens is 3. The maximum atomic E-state index is 12.6. The number of benzene rings is 1. The SMILES string of the molecule is CC(Sc1nncn1Cc1ccco1)C(=O)Nc1cccc(S(=O)(=O)N(C)C)c1. The number of hydrogen-bond donors (Lipinski definition) is 1. The Bertz CT molecular complexity index is 1080. The number of amides is 1. The number of hydrogen-bond acceptors (Lipinski definition) is 7. The molecule has 11 heteroatoms. The lowest BCUT2D eigenvalue weighted by Crippen LogP contribution is -2.24. The van der Waals surface area contributed by atoms with Gasteiger partial charge in [-0.15, -0.1) is 10.2 Å². The summed E-state index contributed by atoms with van der Waals surface area (Å²) in [6, 6.07) is 9.80. The van der Waals surface area contributed by atoms with Gasteiger partial charge in [-0.05, 0) is 37.3 Å². The minimum absolute atomic E-state index is 0.110. The van der Waals surface area contributed by atoms with E-state index in [4.69, 9.17) is 4.42 Å². The van der Waals surface area contributed by atoms with E-state index >= 15 is 0 Å². The molecule has 9 nitrogen and oxygen atoms in total. The second kappa shape index (κ2) is 8.80. The Balaban J connectivity index is 1.67. The largest absolute Gasteiger partial charge is 0.467 e. The molecule has 1 amide bonds. The van der Waals surface area contributed by atoms with Crippen LogP contribution in [0.2, 0.25) is 0 Å². The maximum Gasteiger partial charge on any atom is 0.242 e. The second-order valence-electron chi connectivity index (χ2n) is 6.39. The van der Waals surface area contributed by atoms with Gasteiger partial charge in [-0.25, -0.2) is 12.7 Å². The first kappa shape index (κ1) is 21.1. The number of carbonyl (C=O) groups excluding carboxylic acids is 1. The van der Waals surface area contributed by atoms with Gasteiger partial charge >= 0.3 is 0 Å². The summed E-state index contributed by atoms with van der Waals surface area (Å²) in [6.45, 7) is 2.20. The smallest absolute Gasteiger partial charge is 0.242 e. The number of furan rings is 1. The van der Waals surface area contributed by atoms with Crippen molar-refractivity contribution in [1.82, 2.24) is 19.1 Å². The Morgan fingerprint density at radius 1 is 1.31 bits per heavy atom. The van der Waals surface area contributed by atoms with Crippen molar-refractivity contribution in [2.45, 2.75) is 28.8 Å². The van der Waals surface area contributed by atoms with Crippen LogP contribution in [-0.4, -0.2) is 52.7 Å². The minimum Gasteiger partial charge on any atom is -0.467 e. The van der Waals surface area contributed by atoms with Gasteiger partial charge in [0.1, 0.15) is 12.1 Å². The fraction of sp³-hybridized carbons (Fsp3) is 0.278. The van der Waals surface area contributed by atoms with E-state index in [1.807, 2.05) is 6.07 Å². The number of rotatable bonds is 8. The fourth-order valence-electron chi connectivity index (χ4n) is 2.42. The second-order valence-corrected chi connectivity index (χ2v) is 9.85. The molecular weight excluding hydrogens is 414 g/mol. The zero-order valence-electron chi connectivity index (χ0n) is 16.1. The van der Waals surface area contributed by atoms with Gasteiger partial charge in [-0.2, -0.15) is 0 Å². The van der Waals surface area contributed by atoms with Crippen LogP contribution in [0.5, 0.6) is 0 Å². The van der Waals surface area contributed by atoms with Crippen molar-refractivity contribution in [3.8, 4) is 0 Å². The topological polar surface area (TPSA) is 110 Å². The standard InChI is InChI=1S/C18H21N5O4S2/c1-13(28-18-21-19-12-23(18)11-15-7-5-9-27-15)17(24)20-14-6-4-8-16(10-14)29(25,26)22(2)3/h4-10,12-13H,11H2,1-3H3,(H,20,24). The van der Waals surface area contributed by atoms with Crippen molar-refractivity contribution >= 4 is 33.4 Å². The molecule has 29 heavy (non-hydrogen) atoms. The van der Waals surface area contributed by atoms with E-state index in [9.17, 15) is 13.2 Å². The summed E-state index contributed by atoms with van der Waals surface area (Å²) >= 11 is 1.25. The van der Waals surface area contributed by atoms with Crippen molar-refractivity contribution in [3.05, 3.63) is 54.7 Å². The Morgan fingerprint density at radius 2 is 2.10 bits per heavy atom. The number of thioether (sulfide) groups is 1. The van der Waals surface area contributed by atoms with Gasteiger partial charge in [0.05, 0.1) is 23.0 Å². The Hall–Kier alpha value is -2.63. The zero-order chi connectivity index (χ0) is 21.0. The molecule has 0 saturated carbocycles. The Labute approximate surface area is 173 Å². The first-order valence-electron chi connectivity index (χ1n) is 8.67. The van der Waals surface area contributed by atoms with Crippen molar-refractivity contribution in [3.63, 3.8) is 0 Å². The lowest BCUT2D eigenvalue weighted by Gasteiger charge is -2.14. The van der Waals surface area contributed by atoms with E-state index in [0.29, 0.717) is 17.4 Å². The van der Waals surface area contributed by atoms with E-state index < -0.39 is 15.3 Å². The summed E-state index contributed by atoms with van der Waals surface area (Å²) in [5.41, 5.74) is 0.405. The third-order valence-corrected chi connectivity index (χ3v) is 6.92. The number of sulfonamides is 1. The molecule has 1 unspecified atom stereocenters. The average Bonchev–Trinajstić information content (AvgIpc) is 3.34. The highest BCUT2D eigenvalue weighted by atomic mass is 32.2. The third kappa shape index (κ3) is 5.05. The molecule has 0 radical (unpaired) electrons. The zero-order valence-corrected chi connectivity index (χ0v) is 17.8. The molecule has 0 saturated heterocycles. The van der Waals surface area contributed by atoms with E-state index in [1.165, 1.54) is 38.0 Å². The van der Waals surface area contributed by atoms with Crippen LogP contribution in [0.4, 0.5) is 5.69 Å². The van der Waals surface area contributed by atoms with Crippen molar-refractivity contribution in [2.75, 3.05) is 19.4 Å². The van der Waals surface area contributed by atoms with Crippen molar-refractivity contribution < 1.29 is 17.6 Å². The van der Waals surface area contributed by atoms with Crippen LogP contribution < -0.4 is 5.32 Å². The van der Waals surface area contributed by atoms with Crippen LogP contribution in [-0.2, 0) is 21.4 Å². The van der Waals surface area contributed by atoms with Crippen molar-refractivity contribution in [2.24, 2.45) is 0 Å². The van der Waals surface area contributed by atoms with Crippen LogP contribution in [0.25, 0.3) is 0 Å². The summed E-state index contributed by atoms with van der Waals surface area (Å²) < 4.78 is 32.8. The third-order valence-electron chi connectivity index (χ3n) is 4.02. The summed E-state index contributed by atoms with van der Waals surface area (Å²) in [7, 11) is -0.668. The molecule has 1 atom stereocenters. The summed E-state index contributed by atoms with van der Waals surface area (Å²) in [5, 5.41) is 10.8. The molecular formula is C18H21N5O4S2. The molecule has 0 aliphatic carbocycles. The monoisotopic (exact) mass is 435 g/mol. The molecule has 0 aliphatic heterocycles. The van der Waals surface area contributed by atoms with E-state index in [-0.39, 0.29) is 10.8 Å². The van der Waals surface area contributed by atoms with Gasteiger partial charge in [-0.1, -0.05) is 17.8 Å². The van der Waals surface area contributed by atoms with Gasteiger partial charge in [0.25, 0.3) is 0 Å². The molecule has 2 aromatic heterocycles. The van der Waals surface area contributed by atoms with Crippen LogP contribution in [0.3, 0.4) is 0 Å². The van der Waals surface area contributed by atoms with Gasteiger partial charge in [-0.3, -0.25) is 4.79 Å². The molecule has 0 bridgehead atoms. The first-order chi connectivity index (χ1) is 13.8. The highest BCUT2D eigenvalue weighted by Crippen LogP contribution is 2.24. The van der Waals surface area contributed by atoms with Crippen LogP contribution >= 0.6 is 11.8 Å². The quantitative estimate of drug-likeness (QED) is 0.541. The van der Waals surface area contributed by atoms with E-state index in [0.717, 1.165) is 10.1 Å². The number of nitrogens with one attached hydrogen (secondary N) is 1. The Morgan fingerprint density at radius 3 is 2.79 bits per heavy atom. The lowest BCUT2D eigenvalue weighted by molar-refractivity contribution is -0.115. The van der Waals surface area contributed by atoms with E-state index in [1.54, 1.807) is 42.3 Å². The predicted molar refractivity (Wildman–Crippen MR) is 109 cm³/mol. The van der Waals surface area contributed by atoms with Crippen LogP contribution in [0.1, 0.15) is 12.7 Å². The lowest BCUT2D eigenvalue weighted by atomic mass is 10.3. The minimum atomic E-state index is -3.58. The van der Waals surface area contributed by atoms with Gasteiger partial charge in [0.2, 0.25) is 15.9 Å². The van der Waals surface area contributed by atoms with Crippen LogP contribution in [0, 0.1) is 0 Å². The highest BCUT2D eigenvalue weighted by molar-refractivity contribution is 8.00. The molecule has 0 aliphatic rings. The highest BCUT2D eigenvalue weighted by Gasteiger charge is 2.21. The summed E-state index contributed by atoms with van der Waals surface area (Å²) in [6.07, 6.45) is 3.16. The summed E-state index contributed by atoms with van der Waals surface area (Å²) in [4.78, 5) is 12.7. The predicted octanol–water partition coefficient (Wildman–Crippen LogP) is 2.29. The molecule has 154 valence electrons. The number of nitrogens with zero attached hydrogens (tertiary/aromatic N) is 4. The molecule has 3 rings (SSSR count). The van der Waals surface area contributed by atoms with Gasteiger partial charge in [0, 0.05) is 19.8 Å². The molecule has 3 aromatic rings. The average molecular weight is 436 g/mol. The Kier molecular flexibility index (Phi) is 6.40. The first-order valence-corrected chi connectivity index (χ1v) is 11.0. The van der Waals surface area contributed by atoms with Crippen molar-refractivity contribution in [1.29, 1.82) is 0 Å². The number of anilines is 1. The normalized spacial score (nSPS) is 12.8. The molecule has 0 fully saturated rings.